The zero-order chi connectivity index (χ0) is 27.9. The van der Waals surface area contributed by atoms with Crippen LogP contribution in [0.5, 0.6) is 0 Å². The molecule has 3 heterocycles. The third kappa shape index (κ3) is 38.0. The second-order valence-electron chi connectivity index (χ2n) is 8.59. The number of aliphatic hydroxyl groups is 8. The maximum absolute atomic E-state index is 7.61. The van der Waals surface area contributed by atoms with Gasteiger partial charge in [-0.2, -0.15) is 0 Å². The van der Waals surface area contributed by atoms with E-state index in [1.54, 1.807) is 0 Å². The normalized spacial score (nSPS) is 19.1. The van der Waals surface area contributed by atoms with Crippen LogP contribution in [0.15, 0.2) is 23.9 Å². The monoisotopic (exact) mass is 648 g/mol. The van der Waals surface area contributed by atoms with Crippen molar-refractivity contribution in [1.29, 1.82) is 0 Å². The minimum atomic E-state index is -1.17. The molecule has 0 aliphatic carbocycles. The van der Waals surface area contributed by atoms with Gasteiger partial charge in [-0.05, 0) is 34.2 Å². The predicted octanol–water partition coefficient (Wildman–Crippen LogP) is -0.379. The van der Waals surface area contributed by atoms with Crippen LogP contribution < -0.4 is 0 Å². The standard InChI is InChI=1S/C16H26N4.4C2H6O2.2Cu/c1-3-7-17-15(5-1)13-19-9-11-20(12-10-19)14-16-6-2-4-8-18-16;4*1-2(3)4;;/h1,3,5,16H,2,4,6-14H2;4*2-4H,1H3;;/q-2;;;;;2*+2. The number of aliphatic hydroxyl groups excluding tert-OH is 4. The predicted molar refractivity (Wildman–Crippen MR) is 140 cm³/mol. The Morgan fingerprint density at radius 1 is 0.763 bits per heavy atom. The van der Waals surface area contributed by atoms with E-state index in [1.807, 2.05) is 0 Å². The Hall–Kier alpha value is -0.121. The van der Waals surface area contributed by atoms with E-state index in [2.05, 4.69) is 33.3 Å². The molecule has 2 saturated heterocycles. The molecule has 3 aliphatic heterocycles. The number of piperidine rings is 1. The van der Waals surface area contributed by atoms with E-state index in [-0.39, 0.29) is 34.1 Å². The van der Waals surface area contributed by atoms with Crippen LogP contribution in [0.1, 0.15) is 47.0 Å². The van der Waals surface area contributed by atoms with Crippen molar-refractivity contribution in [1.82, 2.24) is 9.80 Å². The molecule has 12 nitrogen and oxygen atoms in total. The molecular formula is C24H50Cu2N4O8+2. The zero-order valence-electron chi connectivity index (χ0n) is 22.9. The Labute approximate surface area is 249 Å². The number of rotatable bonds is 4. The SMILES string of the molecule is C1=CC[N-]C(CN2CCN(CC3CCCC[N-]3)CC2)=C1.CC(O)O.CC(O)O.CC(O)O.CC(O)O.[Cu+2].[Cu+2]. The second kappa shape index (κ2) is 29.9. The van der Waals surface area contributed by atoms with Gasteiger partial charge >= 0.3 is 34.1 Å². The summed E-state index contributed by atoms with van der Waals surface area (Å²) >= 11 is 0. The molecule has 14 heteroatoms. The van der Waals surface area contributed by atoms with E-state index in [9.17, 15) is 0 Å². The van der Waals surface area contributed by atoms with E-state index in [4.69, 9.17) is 46.2 Å². The van der Waals surface area contributed by atoms with Crippen molar-refractivity contribution in [2.75, 3.05) is 52.4 Å². The van der Waals surface area contributed by atoms with Crippen LogP contribution in [0.2, 0.25) is 0 Å². The molecular weight excluding hydrogens is 599 g/mol. The van der Waals surface area contributed by atoms with Crippen LogP contribution >= 0.6 is 0 Å². The summed E-state index contributed by atoms with van der Waals surface area (Å²) in [5.41, 5.74) is 1.24. The fraction of sp³-hybridized carbons (Fsp3) is 0.833. The third-order valence-electron chi connectivity index (χ3n) is 4.48. The van der Waals surface area contributed by atoms with Crippen LogP contribution in [0, 0.1) is 0 Å². The van der Waals surface area contributed by atoms with Crippen LogP contribution in [0.3, 0.4) is 0 Å². The van der Waals surface area contributed by atoms with Crippen LogP contribution in [0.4, 0.5) is 0 Å². The molecule has 0 aromatic rings. The van der Waals surface area contributed by atoms with Crippen molar-refractivity contribution in [2.45, 2.75) is 78.2 Å². The van der Waals surface area contributed by atoms with E-state index >= 15 is 0 Å². The summed E-state index contributed by atoms with van der Waals surface area (Å²) in [7, 11) is 0. The van der Waals surface area contributed by atoms with Gasteiger partial charge in [0.05, 0.1) is 0 Å². The number of piperazine rings is 1. The number of allylic oxidation sites excluding steroid dienone is 2. The first-order chi connectivity index (χ1) is 16.8. The molecule has 3 aliphatic rings. The summed E-state index contributed by atoms with van der Waals surface area (Å²) in [6.07, 6.45) is 5.70. The molecule has 1 atom stereocenters. The molecule has 8 N–H and O–H groups in total. The number of hydrogen-bond acceptors (Lipinski definition) is 10. The molecule has 38 heavy (non-hydrogen) atoms. The molecule has 2 radical (unpaired) electrons. The summed E-state index contributed by atoms with van der Waals surface area (Å²) < 4.78 is 0. The van der Waals surface area contributed by atoms with Crippen LogP contribution in [-0.2, 0) is 34.1 Å². The first-order valence-electron chi connectivity index (χ1n) is 12.4. The number of nitrogens with zero attached hydrogens (tertiary/aromatic N) is 4. The molecule has 234 valence electrons. The van der Waals surface area contributed by atoms with Gasteiger partial charge in [0, 0.05) is 32.7 Å². The average molecular weight is 650 g/mol. The van der Waals surface area contributed by atoms with Crippen molar-refractivity contribution in [2.24, 2.45) is 0 Å². The molecule has 0 spiro atoms. The summed E-state index contributed by atoms with van der Waals surface area (Å²) in [6.45, 7) is 14.0. The Balaban J connectivity index is -0.000000268. The van der Waals surface area contributed by atoms with Gasteiger partial charge < -0.3 is 56.4 Å². The maximum atomic E-state index is 7.61. The fourth-order valence-corrected chi connectivity index (χ4v) is 3.23. The Morgan fingerprint density at radius 3 is 1.58 bits per heavy atom. The topological polar surface area (TPSA) is 197 Å². The van der Waals surface area contributed by atoms with Crippen molar-refractivity contribution in [3.8, 4) is 0 Å². The van der Waals surface area contributed by atoms with E-state index in [0.717, 1.165) is 19.6 Å². The maximum Gasteiger partial charge on any atom is 2.00 e. The molecule has 0 amide bonds. The Bertz CT molecular complexity index is 510. The van der Waals surface area contributed by atoms with Gasteiger partial charge in [-0.1, -0.05) is 31.4 Å². The van der Waals surface area contributed by atoms with Crippen molar-refractivity contribution in [3.63, 3.8) is 0 Å². The second-order valence-corrected chi connectivity index (χ2v) is 8.59. The average Bonchev–Trinajstić information content (AvgIpc) is 2.75. The van der Waals surface area contributed by atoms with Crippen LogP contribution in [-0.4, -0.2) is 134 Å². The molecule has 0 aromatic carbocycles. The number of hydrogen-bond donors (Lipinski definition) is 8. The van der Waals surface area contributed by atoms with Crippen molar-refractivity contribution >= 4 is 0 Å². The summed E-state index contributed by atoms with van der Waals surface area (Å²) in [4.78, 5) is 5.13. The first-order valence-corrected chi connectivity index (χ1v) is 12.4. The fourth-order valence-electron chi connectivity index (χ4n) is 3.23. The summed E-state index contributed by atoms with van der Waals surface area (Å²) in [6, 6.07) is 0.608. The minimum absolute atomic E-state index is 0. The quantitative estimate of drug-likeness (QED) is 0.147. The van der Waals surface area contributed by atoms with Crippen LogP contribution in [0.25, 0.3) is 10.6 Å². The molecule has 0 saturated carbocycles. The molecule has 0 aromatic heterocycles. The minimum Gasteiger partial charge on any atom is -0.684 e. The Kier molecular flexibility index (Phi) is 35.3. The Morgan fingerprint density at radius 2 is 1.21 bits per heavy atom. The summed E-state index contributed by atoms with van der Waals surface area (Å²) in [5.74, 6) is 0. The van der Waals surface area contributed by atoms with E-state index < -0.39 is 25.2 Å². The molecule has 3 rings (SSSR count). The summed E-state index contributed by atoms with van der Waals surface area (Å²) in [5, 5.41) is 70.2. The van der Waals surface area contributed by atoms with Gasteiger partial charge in [-0.3, -0.25) is 4.90 Å². The van der Waals surface area contributed by atoms with Gasteiger partial charge in [-0.15, -0.1) is 30.9 Å². The molecule has 1 unspecified atom stereocenters. The van der Waals surface area contributed by atoms with Gasteiger partial charge in [0.2, 0.25) is 0 Å². The molecule has 0 bridgehead atoms. The third-order valence-corrected chi connectivity index (χ3v) is 4.48. The largest absolute Gasteiger partial charge is 2.00 e. The first kappa shape index (κ1) is 44.9. The van der Waals surface area contributed by atoms with Gasteiger partial charge in [-0.25, -0.2) is 0 Å². The smallest absolute Gasteiger partial charge is 0.684 e. The van der Waals surface area contributed by atoms with Crippen molar-refractivity contribution < 1.29 is 75.0 Å². The van der Waals surface area contributed by atoms with Gasteiger partial charge in [0.1, 0.15) is 25.2 Å². The van der Waals surface area contributed by atoms with E-state index in [0.29, 0.717) is 6.04 Å². The van der Waals surface area contributed by atoms with Crippen molar-refractivity contribution in [3.05, 3.63) is 34.6 Å². The zero-order valence-corrected chi connectivity index (χ0v) is 24.7. The van der Waals surface area contributed by atoms with Gasteiger partial charge in [0.15, 0.2) is 0 Å². The van der Waals surface area contributed by atoms with Gasteiger partial charge in [0.25, 0.3) is 0 Å². The molecule has 2 fully saturated rings. The van der Waals surface area contributed by atoms with E-state index in [1.165, 1.54) is 85.4 Å².